The van der Waals surface area contributed by atoms with Crippen LogP contribution in [0.15, 0.2) is 47.4 Å². The lowest BCUT2D eigenvalue weighted by molar-refractivity contribution is -0.139. The number of anilines is 1. The van der Waals surface area contributed by atoms with E-state index in [2.05, 4.69) is 45.8 Å². The van der Waals surface area contributed by atoms with Crippen LogP contribution in [-0.4, -0.2) is 69.1 Å². The van der Waals surface area contributed by atoms with E-state index in [1.54, 1.807) is 17.0 Å². The van der Waals surface area contributed by atoms with Crippen LogP contribution in [0.5, 0.6) is 0 Å². The van der Waals surface area contributed by atoms with Gasteiger partial charge in [0, 0.05) is 54.0 Å². The molecule has 6 rings (SSSR count). The Bertz CT molecular complexity index is 1420. The first-order valence-electron chi connectivity index (χ1n) is 12.7. The van der Waals surface area contributed by atoms with E-state index in [4.69, 9.17) is 4.74 Å². The van der Waals surface area contributed by atoms with Gasteiger partial charge in [0.15, 0.2) is 0 Å². The van der Waals surface area contributed by atoms with Gasteiger partial charge in [-0.25, -0.2) is 13.1 Å². The fourth-order valence-corrected chi connectivity index (χ4v) is 6.38. The number of nitrogens with one attached hydrogen (secondary N) is 2. The highest BCUT2D eigenvalue weighted by Gasteiger charge is 2.48. The van der Waals surface area contributed by atoms with Gasteiger partial charge in [-0.15, -0.1) is 0 Å². The van der Waals surface area contributed by atoms with Crippen LogP contribution in [0.2, 0.25) is 0 Å². The van der Waals surface area contributed by atoms with Gasteiger partial charge in [-0.1, -0.05) is 11.6 Å². The second-order valence-electron chi connectivity index (χ2n) is 10.3. The van der Waals surface area contributed by atoms with Gasteiger partial charge < -0.3 is 19.5 Å². The number of nitrogens with zero attached hydrogens (tertiary/aromatic N) is 2. The first-order chi connectivity index (χ1) is 17.3. The Morgan fingerprint density at radius 2 is 1.89 bits per heavy atom. The summed E-state index contributed by atoms with van der Waals surface area (Å²) in [4.78, 5) is 20.4. The molecule has 0 bridgehead atoms. The van der Waals surface area contributed by atoms with Gasteiger partial charge in [0.1, 0.15) is 0 Å². The molecule has 3 aliphatic rings. The van der Waals surface area contributed by atoms with E-state index in [9.17, 15) is 13.2 Å². The Kier molecular flexibility index (Phi) is 5.81. The highest BCUT2D eigenvalue weighted by atomic mass is 32.2. The van der Waals surface area contributed by atoms with Gasteiger partial charge in [-0.2, -0.15) is 0 Å². The lowest BCUT2D eigenvalue weighted by Gasteiger charge is -2.33. The largest absolute Gasteiger partial charge is 0.371 e. The molecule has 8 nitrogen and oxygen atoms in total. The van der Waals surface area contributed by atoms with E-state index in [-0.39, 0.29) is 22.9 Å². The van der Waals surface area contributed by atoms with Crippen molar-refractivity contribution in [3.63, 3.8) is 0 Å². The summed E-state index contributed by atoms with van der Waals surface area (Å²) < 4.78 is 34.8. The third-order valence-corrected chi connectivity index (χ3v) is 9.01. The predicted molar refractivity (Wildman–Crippen MR) is 140 cm³/mol. The molecule has 2 aromatic carbocycles. The van der Waals surface area contributed by atoms with Crippen molar-refractivity contribution >= 4 is 32.5 Å². The number of carbonyl (C=O) groups is 1. The van der Waals surface area contributed by atoms with E-state index in [0.717, 1.165) is 66.6 Å². The molecule has 1 aromatic heterocycles. The Morgan fingerprint density at radius 3 is 2.67 bits per heavy atom. The number of carbonyl (C=O) groups excluding carboxylic acids is 1. The zero-order valence-corrected chi connectivity index (χ0v) is 21.4. The summed E-state index contributed by atoms with van der Waals surface area (Å²) >= 11 is 0. The molecule has 1 saturated carbocycles. The van der Waals surface area contributed by atoms with E-state index in [1.807, 2.05) is 6.07 Å². The molecule has 1 amide bonds. The van der Waals surface area contributed by atoms with Crippen molar-refractivity contribution in [2.45, 2.75) is 43.1 Å². The first-order valence-corrected chi connectivity index (χ1v) is 14.2. The summed E-state index contributed by atoms with van der Waals surface area (Å²) in [7, 11) is -3.88. The SMILES string of the molecule is Cc1ccc2[nH]c(-c3cc(S(=O)(=O)NCC(=O)N4CCOC5(CC5)C4)ccc3N3CCCC3)cc2c1. The summed E-state index contributed by atoms with van der Waals surface area (Å²) in [6, 6.07) is 13.6. The molecule has 1 aliphatic carbocycles. The van der Waals surface area contributed by atoms with Crippen LogP contribution in [0.3, 0.4) is 0 Å². The van der Waals surface area contributed by atoms with Crippen molar-refractivity contribution in [1.29, 1.82) is 0 Å². The topological polar surface area (TPSA) is 94.7 Å². The number of aromatic nitrogens is 1. The minimum Gasteiger partial charge on any atom is -0.371 e. The predicted octanol–water partition coefficient (Wildman–Crippen LogP) is 3.41. The van der Waals surface area contributed by atoms with E-state index in [1.165, 1.54) is 5.56 Å². The van der Waals surface area contributed by atoms with Gasteiger partial charge in [-0.3, -0.25) is 4.79 Å². The first kappa shape index (κ1) is 23.5. The molecule has 0 unspecified atom stereocenters. The highest BCUT2D eigenvalue weighted by molar-refractivity contribution is 7.89. The molecule has 36 heavy (non-hydrogen) atoms. The smallest absolute Gasteiger partial charge is 0.241 e. The number of hydrogen-bond donors (Lipinski definition) is 2. The summed E-state index contributed by atoms with van der Waals surface area (Å²) in [6.07, 6.45) is 4.17. The Morgan fingerprint density at radius 1 is 1.08 bits per heavy atom. The minimum absolute atomic E-state index is 0.156. The Hall–Kier alpha value is -2.88. The van der Waals surface area contributed by atoms with Crippen LogP contribution in [-0.2, 0) is 19.6 Å². The van der Waals surface area contributed by atoms with Crippen LogP contribution in [0.25, 0.3) is 22.2 Å². The average molecular weight is 509 g/mol. The van der Waals surface area contributed by atoms with E-state index in [0.29, 0.717) is 19.7 Å². The molecule has 9 heteroatoms. The number of rotatable bonds is 6. The lowest BCUT2D eigenvalue weighted by atomic mass is 10.1. The van der Waals surface area contributed by atoms with Gasteiger partial charge in [0.05, 0.1) is 23.6 Å². The van der Waals surface area contributed by atoms with Gasteiger partial charge in [0.25, 0.3) is 0 Å². The van der Waals surface area contributed by atoms with Crippen LogP contribution in [0.4, 0.5) is 5.69 Å². The number of benzene rings is 2. The number of sulfonamides is 1. The molecule has 0 radical (unpaired) electrons. The number of aryl methyl sites for hydroxylation is 1. The number of amides is 1. The van der Waals surface area contributed by atoms with E-state index >= 15 is 0 Å². The van der Waals surface area contributed by atoms with Crippen LogP contribution >= 0.6 is 0 Å². The third kappa shape index (κ3) is 4.51. The maximum Gasteiger partial charge on any atom is 0.241 e. The van der Waals surface area contributed by atoms with Crippen molar-refractivity contribution in [2.75, 3.05) is 44.2 Å². The molecular weight excluding hydrogens is 476 g/mol. The molecular formula is C27H32N4O4S. The molecule has 3 aromatic rings. The molecule has 3 heterocycles. The normalized spacial score (nSPS) is 19.4. The van der Waals surface area contributed by atoms with Crippen LogP contribution < -0.4 is 9.62 Å². The van der Waals surface area contributed by atoms with Crippen molar-refractivity contribution in [3.8, 4) is 11.3 Å². The van der Waals surface area contributed by atoms with Gasteiger partial charge in [-0.05, 0) is 69.0 Å². The summed E-state index contributed by atoms with van der Waals surface area (Å²) in [5.41, 5.74) is 4.75. The quantitative estimate of drug-likeness (QED) is 0.532. The fourth-order valence-electron chi connectivity index (χ4n) is 5.38. The third-order valence-electron chi connectivity index (χ3n) is 7.61. The van der Waals surface area contributed by atoms with Crippen LogP contribution in [0.1, 0.15) is 31.2 Å². The highest BCUT2D eigenvalue weighted by Crippen LogP contribution is 2.42. The van der Waals surface area contributed by atoms with Gasteiger partial charge in [0.2, 0.25) is 15.9 Å². The van der Waals surface area contributed by atoms with Crippen molar-refractivity contribution < 1.29 is 17.9 Å². The molecule has 0 atom stereocenters. The maximum absolute atomic E-state index is 13.3. The molecule has 2 N–H and O–H groups in total. The van der Waals surface area contributed by atoms with Gasteiger partial charge >= 0.3 is 0 Å². The van der Waals surface area contributed by atoms with E-state index < -0.39 is 10.0 Å². The Balaban J connectivity index is 1.28. The number of aromatic amines is 1. The molecule has 3 fully saturated rings. The monoisotopic (exact) mass is 508 g/mol. The second kappa shape index (κ2) is 8.90. The molecule has 2 saturated heterocycles. The maximum atomic E-state index is 13.3. The van der Waals surface area contributed by atoms with Crippen molar-refractivity contribution in [2.24, 2.45) is 0 Å². The number of fused-ring (bicyclic) bond motifs is 1. The number of ether oxygens (including phenoxy) is 1. The zero-order valence-electron chi connectivity index (χ0n) is 20.5. The fraction of sp³-hybridized carbons (Fsp3) is 0.444. The molecule has 1 spiro atoms. The van der Waals surface area contributed by atoms with Crippen molar-refractivity contribution in [3.05, 3.63) is 48.0 Å². The molecule has 190 valence electrons. The minimum atomic E-state index is -3.88. The Labute approximate surface area is 211 Å². The summed E-state index contributed by atoms with van der Waals surface area (Å²) in [6.45, 7) is 5.25. The van der Waals surface area contributed by atoms with Crippen molar-refractivity contribution in [1.82, 2.24) is 14.6 Å². The second-order valence-corrected chi connectivity index (χ2v) is 12.1. The number of hydrogen-bond acceptors (Lipinski definition) is 5. The zero-order chi connectivity index (χ0) is 24.9. The number of morpholine rings is 1. The lowest BCUT2D eigenvalue weighted by Crippen LogP contribution is -2.50. The van der Waals surface area contributed by atoms with Crippen LogP contribution in [0, 0.1) is 6.92 Å². The average Bonchev–Trinajstić information content (AvgIpc) is 3.27. The number of H-pyrrole nitrogens is 1. The summed E-state index contributed by atoms with van der Waals surface area (Å²) in [5, 5.41) is 1.09. The molecule has 2 aliphatic heterocycles. The standard InChI is InChI=1S/C27H32N4O4S/c1-19-4-6-23-20(14-19)15-24(29-23)22-16-21(5-7-25(22)30-10-2-3-11-30)36(33,34)28-17-26(32)31-12-13-35-27(18-31)8-9-27/h4-7,14-16,28-29H,2-3,8-13,17-18H2,1H3. The summed E-state index contributed by atoms with van der Waals surface area (Å²) in [5.74, 6) is -0.215.